The molecule has 0 aliphatic rings. The first-order valence-electron chi connectivity index (χ1n) is 10.8. The molecule has 8 nitrogen and oxygen atoms in total. The lowest BCUT2D eigenvalue weighted by Crippen LogP contribution is -2.26. The predicted octanol–water partition coefficient (Wildman–Crippen LogP) is 4.24. The molecule has 0 aliphatic carbocycles. The van der Waals surface area contributed by atoms with Gasteiger partial charge in [-0.25, -0.2) is 9.59 Å². The lowest BCUT2D eigenvalue weighted by Gasteiger charge is -2.16. The molecule has 0 saturated carbocycles. The van der Waals surface area contributed by atoms with E-state index in [0.717, 1.165) is 6.42 Å². The van der Waals surface area contributed by atoms with E-state index < -0.39 is 36.6 Å². The Hall–Kier alpha value is -3.68. The van der Waals surface area contributed by atoms with E-state index in [-0.39, 0.29) is 13.0 Å². The summed E-state index contributed by atoms with van der Waals surface area (Å²) in [5, 5.41) is 8.70. The Bertz CT molecular complexity index is 895. The van der Waals surface area contributed by atoms with Crippen molar-refractivity contribution in [3.63, 3.8) is 0 Å². The molecular formula is C25H28O8. The molecule has 8 heteroatoms. The number of aliphatic carboxylic acids is 1. The molecule has 2 rings (SSSR count). The number of carbonyl (C=O) groups is 4. The second-order valence-electron chi connectivity index (χ2n) is 7.39. The van der Waals surface area contributed by atoms with Gasteiger partial charge in [0.25, 0.3) is 0 Å². The number of rotatable bonds is 14. The molecule has 2 aromatic carbocycles. The molecule has 1 atom stereocenters. The van der Waals surface area contributed by atoms with Gasteiger partial charge in [-0.05, 0) is 37.1 Å². The van der Waals surface area contributed by atoms with Gasteiger partial charge in [-0.2, -0.15) is 0 Å². The van der Waals surface area contributed by atoms with Crippen molar-refractivity contribution in [1.82, 2.24) is 0 Å². The first kappa shape index (κ1) is 25.6. The third-order valence-corrected chi connectivity index (χ3v) is 4.85. The summed E-state index contributed by atoms with van der Waals surface area (Å²) in [6.07, 6.45) is 3.13. The maximum absolute atomic E-state index is 12.5. The van der Waals surface area contributed by atoms with Crippen LogP contribution in [-0.2, 0) is 23.8 Å². The number of benzene rings is 2. The number of ether oxygens (including phenoxy) is 3. The van der Waals surface area contributed by atoms with Gasteiger partial charge < -0.3 is 19.3 Å². The maximum atomic E-state index is 12.5. The fourth-order valence-electron chi connectivity index (χ4n) is 3.04. The Morgan fingerprint density at radius 3 is 1.82 bits per heavy atom. The highest BCUT2D eigenvalue weighted by Gasteiger charge is 2.23. The Kier molecular flexibility index (Phi) is 11.2. The SMILES string of the molecule is O=C(O)CCCCCCC(COC(=O)c1ccccc1)C(=O)OCOC(=O)c1ccccc1. The van der Waals surface area contributed by atoms with Crippen LogP contribution in [0.3, 0.4) is 0 Å². The molecule has 0 bridgehead atoms. The second-order valence-corrected chi connectivity index (χ2v) is 7.39. The van der Waals surface area contributed by atoms with Crippen molar-refractivity contribution in [1.29, 1.82) is 0 Å². The molecule has 176 valence electrons. The van der Waals surface area contributed by atoms with E-state index in [0.29, 0.717) is 36.8 Å². The largest absolute Gasteiger partial charge is 0.481 e. The van der Waals surface area contributed by atoms with E-state index in [4.69, 9.17) is 19.3 Å². The van der Waals surface area contributed by atoms with Gasteiger partial charge in [-0.15, -0.1) is 0 Å². The zero-order valence-electron chi connectivity index (χ0n) is 18.3. The summed E-state index contributed by atoms with van der Waals surface area (Å²) in [4.78, 5) is 47.3. The van der Waals surface area contributed by atoms with Crippen LogP contribution in [0.4, 0.5) is 0 Å². The summed E-state index contributed by atoms with van der Waals surface area (Å²) in [7, 11) is 0. The highest BCUT2D eigenvalue weighted by molar-refractivity contribution is 5.90. The first-order chi connectivity index (χ1) is 16.0. The van der Waals surface area contributed by atoms with Gasteiger partial charge in [0.2, 0.25) is 6.79 Å². The van der Waals surface area contributed by atoms with Crippen LogP contribution >= 0.6 is 0 Å². The molecule has 0 saturated heterocycles. The zero-order chi connectivity index (χ0) is 23.9. The molecule has 0 aromatic heterocycles. The third-order valence-electron chi connectivity index (χ3n) is 4.85. The predicted molar refractivity (Wildman–Crippen MR) is 118 cm³/mol. The van der Waals surface area contributed by atoms with Gasteiger partial charge in [0, 0.05) is 6.42 Å². The van der Waals surface area contributed by atoms with E-state index in [1.807, 2.05) is 0 Å². The van der Waals surface area contributed by atoms with Gasteiger partial charge >= 0.3 is 23.9 Å². The highest BCUT2D eigenvalue weighted by atomic mass is 16.7. The number of carboxylic acids is 1. The van der Waals surface area contributed by atoms with Crippen molar-refractivity contribution in [2.75, 3.05) is 13.4 Å². The number of hydrogen-bond acceptors (Lipinski definition) is 7. The van der Waals surface area contributed by atoms with Crippen molar-refractivity contribution >= 4 is 23.9 Å². The van der Waals surface area contributed by atoms with Crippen LogP contribution in [0.25, 0.3) is 0 Å². The van der Waals surface area contributed by atoms with E-state index in [2.05, 4.69) is 0 Å². The van der Waals surface area contributed by atoms with Crippen LogP contribution in [0, 0.1) is 5.92 Å². The molecule has 1 N–H and O–H groups in total. The van der Waals surface area contributed by atoms with Crippen molar-refractivity contribution in [3.05, 3.63) is 71.8 Å². The molecule has 0 spiro atoms. The van der Waals surface area contributed by atoms with Gasteiger partial charge in [0.05, 0.1) is 17.0 Å². The molecule has 0 amide bonds. The van der Waals surface area contributed by atoms with Crippen molar-refractivity contribution in [2.24, 2.45) is 5.92 Å². The highest BCUT2D eigenvalue weighted by Crippen LogP contribution is 2.15. The number of unbranched alkanes of at least 4 members (excludes halogenated alkanes) is 3. The monoisotopic (exact) mass is 456 g/mol. The molecular weight excluding hydrogens is 428 g/mol. The van der Waals surface area contributed by atoms with Crippen molar-refractivity contribution < 1.29 is 38.5 Å². The summed E-state index contributed by atoms with van der Waals surface area (Å²) >= 11 is 0. The first-order valence-corrected chi connectivity index (χ1v) is 10.8. The number of hydrogen-bond donors (Lipinski definition) is 1. The quantitative estimate of drug-likeness (QED) is 0.255. The molecule has 0 aliphatic heterocycles. The lowest BCUT2D eigenvalue weighted by atomic mass is 10.0. The minimum atomic E-state index is -0.839. The summed E-state index contributed by atoms with van der Waals surface area (Å²) in [6.45, 7) is -0.720. The molecule has 33 heavy (non-hydrogen) atoms. The summed E-state index contributed by atoms with van der Waals surface area (Å²) < 4.78 is 15.4. The minimum absolute atomic E-state index is 0.104. The molecule has 0 fully saturated rings. The van der Waals surface area contributed by atoms with Gasteiger partial charge in [-0.3, -0.25) is 9.59 Å². The average Bonchev–Trinajstić information content (AvgIpc) is 2.83. The standard InChI is InChI=1S/C25H28O8/c26-22(27)16-10-2-1-5-15-21(17-31-23(28)19-11-6-3-7-12-19)25(30)33-18-32-24(29)20-13-8-4-9-14-20/h3-4,6-9,11-14,21H,1-2,5,10,15-18H2,(H,26,27). The normalized spacial score (nSPS) is 11.3. The van der Waals surface area contributed by atoms with Gasteiger partial charge in [0.1, 0.15) is 6.61 Å². The van der Waals surface area contributed by atoms with Crippen molar-refractivity contribution in [2.45, 2.75) is 38.5 Å². The summed E-state index contributed by atoms with van der Waals surface area (Å²) in [5.41, 5.74) is 0.707. The minimum Gasteiger partial charge on any atom is -0.481 e. The second kappa shape index (κ2) is 14.4. The van der Waals surface area contributed by atoms with Crippen LogP contribution < -0.4 is 0 Å². The molecule has 0 radical (unpaired) electrons. The third kappa shape index (κ3) is 9.99. The van der Waals surface area contributed by atoms with E-state index >= 15 is 0 Å². The van der Waals surface area contributed by atoms with Crippen LogP contribution in [0.2, 0.25) is 0 Å². The van der Waals surface area contributed by atoms with Crippen LogP contribution in [0.15, 0.2) is 60.7 Å². The lowest BCUT2D eigenvalue weighted by molar-refractivity contribution is -0.158. The van der Waals surface area contributed by atoms with Crippen LogP contribution in [0.1, 0.15) is 59.2 Å². The summed E-state index contributed by atoms with van der Waals surface area (Å²) in [6, 6.07) is 16.7. The number of esters is 3. The number of carboxylic acid groups (broad SMARTS) is 1. The Balaban J connectivity index is 1.83. The fraction of sp³-hybridized carbons (Fsp3) is 0.360. The van der Waals surface area contributed by atoms with E-state index in [1.165, 1.54) is 0 Å². The Labute approximate surface area is 192 Å². The maximum Gasteiger partial charge on any atom is 0.340 e. The molecule has 2 aromatic rings. The molecule has 1 unspecified atom stereocenters. The average molecular weight is 456 g/mol. The Morgan fingerprint density at radius 1 is 0.697 bits per heavy atom. The van der Waals surface area contributed by atoms with Crippen LogP contribution in [-0.4, -0.2) is 42.4 Å². The Morgan fingerprint density at radius 2 is 1.24 bits per heavy atom. The van der Waals surface area contributed by atoms with E-state index in [9.17, 15) is 19.2 Å². The zero-order valence-corrected chi connectivity index (χ0v) is 18.3. The van der Waals surface area contributed by atoms with Gasteiger partial charge in [-0.1, -0.05) is 55.7 Å². The molecule has 0 heterocycles. The number of carbonyl (C=O) groups excluding carboxylic acids is 3. The fourth-order valence-corrected chi connectivity index (χ4v) is 3.04. The van der Waals surface area contributed by atoms with Crippen molar-refractivity contribution in [3.8, 4) is 0 Å². The topological polar surface area (TPSA) is 116 Å². The van der Waals surface area contributed by atoms with Gasteiger partial charge in [0.15, 0.2) is 0 Å². The van der Waals surface area contributed by atoms with Crippen LogP contribution in [0.5, 0.6) is 0 Å². The van der Waals surface area contributed by atoms with E-state index in [1.54, 1.807) is 60.7 Å². The summed E-state index contributed by atoms with van der Waals surface area (Å²) in [5.74, 6) is -3.37. The smallest absolute Gasteiger partial charge is 0.340 e.